The average Bonchev–Trinajstić information content (AvgIpc) is 3.21. The lowest BCUT2D eigenvalue weighted by molar-refractivity contribution is 0.0947. The number of hydrogen-bond acceptors (Lipinski definition) is 3. The number of benzene rings is 1. The quantitative estimate of drug-likeness (QED) is 0.752. The molecule has 0 bridgehead atoms. The number of hydrogen-bond donors (Lipinski definition) is 1. The normalized spacial score (nSPS) is 12.1. The molecule has 0 saturated carbocycles. The highest BCUT2D eigenvalue weighted by molar-refractivity contribution is 5.94. The summed E-state index contributed by atoms with van der Waals surface area (Å²) in [5, 5.41) is 11.7. The van der Waals surface area contributed by atoms with E-state index >= 15 is 0 Å². The Kier molecular flexibility index (Phi) is 4.97. The van der Waals surface area contributed by atoms with E-state index in [0.29, 0.717) is 18.7 Å². The molecule has 1 amide bonds. The minimum Gasteiger partial charge on any atom is -0.350 e. The number of carbonyl (C=O) groups excluding carboxylic acids is 1. The first-order valence-electron chi connectivity index (χ1n) is 8.40. The van der Waals surface area contributed by atoms with E-state index in [4.69, 9.17) is 0 Å². The molecule has 25 heavy (non-hydrogen) atoms. The van der Waals surface area contributed by atoms with E-state index in [9.17, 15) is 4.79 Å². The van der Waals surface area contributed by atoms with E-state index in [1.54, 1.807) is 6.20 Å². The standard InChI is InChI=1S/C19H23N5O/c1-14-10-15(2)24(22-14)16(3)12-20-19(25)18-7-4-6-17(11-18)13-23-9-5-8-21-23/h4-11,16H,12-13H2,1-3H3,(H,20,25)/t16-/m1/s1. The fourth-order valence-electron chi connectivity index (χ4n) is 2.91. The molecule has 1 atom stereocenters. The van der Waals surface area contributed by atoms with Crippen molar-refractivity contribution in [2.75, 3.05) is 6.54 Å². The summed E-state index contributed by atoms with van der Waals surface area (Å²) in [7, 11) is 0. The van der Waals surface area contributed by atoms with Crippen molar-refractivity contribution in [1.29, 1.82) is 0 Å². The summed E-state index contributed by atoms with van der Waals surface area (Å²) in [6.07, 6.45) is 3.65. The largest absolute Gasteiger partial charge is 0.350 e. The Morgan fingerprint density at radius 3 is 2.76 bits per heavy atom. The van der Waals surface area contributed by atoms with Crippen molar-refractivity contribution in [3.63, 3.8) is 0 Å². The van der Waals surface area contributed by atoms with Gasteiger partial charge in [0.15, 0.2) is 0 Å². The third-order valence-corrected chi connectivity index (χ3v) is 4.11. The van der Waals surface area contributed by atoms with Crippen molar-refractivity contribution in [1.82, 2.24) is 24.9 Å². The van der Waals surface area contributed by atoms with Gasteiger partial charge in [0.25, 0.3) is 5.91 Å². The lowest BCUT2D eigenvalue weighted by Gasteiger charge is -2.15. The molecule has 3 rings (SSSR count). The molecule has 0 saturated heterocycles. The van der Waals surface area contributed by atoms with Crippen molar-refractivity contribution in [3.05, 3.63) is 71.3 Å². The maximum Gasteiger partial charge on any atom is 0.251 e. The van der Waals surface area contributed by atoms with Crippen molar-refractivity contribution in [3.8, 4) is 0 Å². The molecule has 0 aliphatic carbocycles. The predicted molar refractivity (Wildman–Crippen MR) is 96.5 cm³/mol. The number of nitrogens with zero attached hydrogens (tertiary/aromatic N) is 4. The molecule has 0 spiro atoms. The van der Waals surface area contributed by atoms with Gasteiger partial charge >= 0.3 is 0 Å². The monoisotopic (exact) mass is 337 g/mol. The molecule has 0 fully saturated rings. The summed E-state index contributed by atoms with van der Waals surface area (Å²) in [4.78, 5) is 12.5. The van der Waals surface area contributed by atoms with Crippen molar-refractivity contribution in [2.24, 2.45) is 0 Å². The van der Waals surface area contributed by atoms with Crippen LogP contribution in [0.5, 0.6) is 0 Å². The van der Waals surface area contributed by atoms with E-state index in [0.717, 1.165) is 17.0 Å². The number of rotatable bonds is 6. The van der Waals surface area contributed by atoms with Gasteiger partial charge in [-0.1, -0.05) is 12.1 Å². The molecule has 0 radical (unpaired) electrons. The number of carbonyl (C=O) groups is 1. The maximum absolute atomic E-state index is 12.5. The Hall–Kier alpha value is -2.89. The van der Waals surface area contributed by atoms with Crippen LogP contribution in [0.1, 0.15) is 40.3 Å². The third-order valence-electron chi connectivity index (χ3n) is 4.11. The molecule has 3 aromatic rings. The highest BCUT2D eigenvalue weighted by atomic mass is 16.1. The summed E-state index contributed by atoms with van der Waals surface area (Å²) in [6, 6.07) is 11.7. The van der Waals surface area contributed by atoms with E-state index < -0.39 is 0 Å². The van der Waals surface area contributed by atoms with Crippen LogP contribution in [-0.2, 0) is 6.54 Å². The van der Waals surface area contributed by atoms with Gasteiger partial charge in [0.05, 0.1) is 18.3 Å². The van der Waals surface area contributed by atoms with Gasteiger partial charge in [-0.3, -0.25) is 14.2 Å². The smallest absolute Gasteiger partial charge is 0.251 e. The first-order valence-corrected chi connectivity index (χ1v) is 8.40. The third kappa shape index (κ3) is 4.15. The zero-order chi connectivity index (χ0) is 17.8. The van der Waals surface area contributed by atoms with E-state index in [1.165, 1.54) is 0 Å². The summed E-state index contributed by atoms with van der Waals surface area (Å²) in [6.45, 7) is 7.23. The second kappa shape index (κ2) is 7.34. The Labute approximate surface area is 147 Å². The van der Waals surface area contributed by atoms with Gasteiger partial charge < -0.3 is 5.32 Å². The lowest BCUT2D eigenvalue weighted by atomic mass is 10.1. The van der Waals surface area contributed by atoms with Gasteiger partial charge in [0.2, 0.25) is 0 Å². The van der Waals surface area contributed by atoms with E-state index in [1.807, 2.05) is 72.7 Å². The Morgan fingerprint density at radius 1 is 1.24 bits per heavy atom. The molecule has 2 heterocycles. The van der Waals surface area contributed by atoms with Gasteiger partial charge in [0, 0.05) is 30.2 Å². The molecule has 2 aromatic heterocycles. The van der Waals surface area contributed by atoms with Crippen LogP contribution in [0.15, 0.2) is 48.8 Å². The van der Waals surface area contributed by atoms with Crippen LogP contribution >= 0.6 is 0 Å². The SMILES string of the molecule is Cc1cc(C)n([C@H](C)CNC(=O)c2cccc(Cn3cccn3)c2)n1. The number of nitrogens with one attached hydrogen (secondary N) is 1. The van der Waals surface area contributed by atoms with Crippen LogP contribution in [0.4, 0.5) is 0 Å². The second-order valence-electron chi connectivity index (χ2n) is 6.33. The van der Waals surface area contributed by atoms with Gasteiger partial charge in [-0.05, 0) is 50.6 Å². The van der Waals surface area contributed by atoms with E-state index in [-0.39, 0.29) is 11.9 Å². The van der Waals surface area contributed by atoms with Crippen LogP contribution in [0.3, 0.4) is 0 Å². The molecule has 0 aliphatic rings. The number of aromatic nitrogens is 4. The molecule has 6 heteroatoms. The highest BCUT2D eigenvalue weighted by Crippen LogP contribution is 2.11. The first kappa shape index (κ1) is 17.0. The lowest BCUT2D eigenvalue weighted by Crippen LogP contribution is -2.30. The molecule has 1 aromatic carbocycles. The summed E-state index contributed by atoms with van der Waals surface area (Å²) >= 11 is 0. The summed E-state index contributed by atoms with van der Waals surface area (Å²) in [5.74, 6) is -0.0734. The second-order valence-corrected chi connectivity index (χ2v) is 6.33. The molecule has 1 N–H and O–H groups in total. The minimum absolute atomic E-state index is 0.0734. The Bertz CT molecular complexity index is 851. The molecule has 6 nitrogen and oxygen atoms in total. The maximum atomic E-state index is 12.5. The molecular formula is C19H23N5O. The molecule has 0 aliphatic heterocycles. The van der Waals surface area contributed by atoms with Gasteiger partial charge in [0.1, 0.15) is 0 Å². The van der Waals surface area contributed by atoms with Crippen LogP contribution < -0.4 is 5.32 Å². The number of amides is 1. The van der Waals surface area contributed by atoms with Crippen LogP contribution in [0.25, 0.3) is 0 Å². The highest BCUT2D eigenvalue weighted by Gasteiger charge is 2.12. The Balaban J connectivity index is 1.62. The molecule has 130 valence electrons. The molecular weight excluding hydrogens is 314 g/mol. The van der Waals surface area contributed by atoms with Gasteiger partial charge in [-0.2, -0.15) is 10.2 Å². The zero-order valence-electron chi connectivity index (χ0n) is 14.8. The van der Waals surface area contributed by atoms with E-state index in [2.05, 4.69) is 15.5 Å². The topological polar surface area (TPSA) is 64.7 Å². The number of aryl methyl sites for hydroxylation is 2. The van der Waals surface area contributed by atoms with Crippen molar-refractivity contribution < 1.29 is 4.79 Å². The molecule has 0 unspecified atom stereocenters. The predicted octanol–water partition coefficient (Wildman–Crippen LogP) is 2.74. The average molecular weight is 337 g/mol. The van der Waals surface area contributed by atoms with Crippen LogP contribution in [-0.4, -0.2) is 32.0 Å². The van der Waals surface area contributed by atoms with Gasteiger partial charge in [-0.25, -0.2) is 0 Å². The summed E-state index contributed by atoms with van der Waals surface area (Å²) in [5.41, 5.74) is 3.79. The van der Waals surface area contributed by atoms with Crippen molar-refractivity contribution in [2.45, 2.75) is 33.4 Å². The van der Waals surface area contributed by atoms with Gasteiger partial charge in [-0.15, -0.1) is 0 Å². The van der Waals surface area contributed by atoms with Crippen molar-refractivity contribution >= 4 is 5.91 Å². The first-order chi connectivity index (χ1) is 12.0. The van der Waals surface area contributed by atoms with Crippen LogP contribution in [0, 0.1) is 13.8 Å². The fourth-order valence-corrected chi connectivity index (χ4v) is 2.91. The summed E-state index contributed by atoms with van der Waals surface area (Å²) < 4.78 is 3.78. The Morgan fingerprint density at radius 2 is 2.08 bits per heavy atom. The fraction of sp³-hybridized carbons (Fsp3) is 0.316. The minimum atomic E-state index is -0.0734. The van der Waals surface area contributed by atoms with Crippen LogP contribution in [0.2, 0.25) is 0 Å². The zero-order valence-corrected chi connectivity index (χ0v) is 14.8.